The number of aryl methyl sites for hydroxylation is 2. The first-order valence-corrected chi connectivity index (χ1v) is 11.0. The van der Waals surface area contributed by atoms with Crippen LogP contribution in [-0.4, -0.2) is 40.7 Å². The third kappa shape index (κ3) is 3.65. The summed E-state index contributed by atoms with van der Waals surface area (Å²) in [6.45, 7) is 5.91. The molecule has 6 nitrogen and oxygen atoms in total. The molecular formula is C23H25N3O3S. The van der Waals surface area contributed by atoms with Crippen molar-refractivity contribution in [2.24, 2.45) is 0 Å². The van der Waals surface area contributed by atoms with Crippen molar-refractivity contribution in [3.8, 4) is 0 Å². The molecule has 2 heterocycles. The predicted molar refractivity (Wildman–Crippen MR) is 116 cm³/mol. The maximum absolute atomic E-state index is 13.2. The van der Waals surface area contributed by atoms with Gasteiger partial charge < -0.3 is 10.2 Å². The Morgan fingerprint density at radius 2 is 2.10 bits per heavy atom. The number of thiophene rings is 1. The number of carbonyl (C=O) groups excluding carboxylic acids is 3. The van der Waals surface area contributed by atoms with E-state index in [0.29, 0.717) is 13.1 Å². The molecule has 1 aliphatic heterocycles. The molecule has 2 aliphatic rings. The minimum atomic E-state index is -1.16. The fourth-order valence-electron chi connectivity index (χ4n) is 4.16. The van der Waals surface area contributed by atoms with Gasteiger partial charge in [-0.2, -0.15) is 0 Å². The number of hydrogen-bond acceptors (Lipinski definition) is 4. The number of amides is 4. The van der Waals surface area contributed by atoms with E-state index in [0.717, 1.165) is 34.6 Å². The monoisotopic (exact) mass is 423 g/mol. The van der Waals surface area contributed by atoms with Crippen LogP contribution in [0.5, 0.6) is 0 Å². The van der Waals surface area contributed by atoms with Crippen LogP contribution in [0.1, 0.15) is 34.9 Å². The van der Waals surface area contributed by atoms with Gasteiger partial charge in [0.05, 0.1) is 6.54 Å². The molecule has 0 saturated carbocycles. The average Bonchev–Trinajstić information content (AvgIpc) is 3.45. The van der Waals surface area contributed by atoms with Gasteiger partial charge in [-0.3, -0.25) is 14.5 Å². The van der Waals surface area contributed by atoms with Crippen molar-refractivity contribution in [1.82, 2.24) is 15.1 Å². The second-order valence-electron chi connectivity index (χ2n) is 7.93. The fraction of sp³-hybridized carbons (Fsp3) is 0.348. The molecule has 1 saturated heterocycles. The molecule has 0 spiro atoms. The second kappa shape index (κ2) is 8.07. The highest BCUT2D eigenvalue weighted by atomic mass is 32.1. The van der Waals surface area contributed by atoms with Gasteiger partial charge in [-0.25, -0.2) is 4.79 Å². The standard InChI is InChI=1S/C23H25N3O3S/c1-3-11-25(14-19-8-5-12-30-19)20(27)15-26-21(28)23(2,24-22(26)29)18-10-9-16-6-4-7-17(16)13-18/h3,5,8-10,12-13H,1,4,6-7,11,14-15H2,2H3,(H,24,29). The van der Waals surface area contributed by atoms with E-state index >= 15 is 0 Å². The van der Waals surface area contributed by atoms with Crippen molar-refractivity contribution < 1.29 is 14.4 Å². The molecular weight excluding hydrogens is 398 g/mol. The summed E-state index contributed by atoms with van der Waals surface area (Å²) >= 11 is 1.56. The highest BCUT2D eigenvalue weighted by Gasteiger charge is 2.49. The SMILES string of the molecule is C=CCN(Cc1cccs1)C(=O)CN1C(=O)NC(C)(c2ccc3c(c2)CCC3)C1=O. The van der Waals surface area contributed by atoms with E-state index in [9.17, 15) is 14.4 Å². The van der Waals surface area contributed by atoms with Crippen molar-refractivity contribution in [3.63, 3.8) is 0 Å². The first-order chi connectivity index (χ1) is 14.4. The molecule has 30 heavy (non-hydrogen) atoms. The van der Waals surface area contributed by atoms with Gasteiger partial charge in [0.2, 0.25) is 5.91 Å². The van der Waals surface area contributed by atoms with Gasteiger partial charge in [0.1, 0.15) is 12.1 Å². The zero-order chi connectivity index (χ0) is 21.3. The van der Waals surface area contributed by atoms with Crippen molar-refractivity contribution in [1.29, 1.82) is 0 Å². The van der Waals surface area contributed by atoms with E-state index < -0.39 is 17.5 Å². The molecule has 4 rings (SSSR count). The van der Waals surface area contributed by atoms with Crippen LogP contribution in [0.4, 0.5) is 4.79 Å². The lowest BCUT2D eigenvalue weighted by molar-refractivity contribution is -0.138. The molecule has 1 fully saturated rings. The van der Waals surface area contributed by atoms with E-state index in [-0.39, 0.29) is 12.5 Å². The maximum atomic E-state index is 13.2. The largest absolute Gasteiger partial charge is 0.332 e. The molecule has 4 amide bonds. The number of imide groups is 1. The van der Waals surface area contributed by atoms with Gasteiger partial charge in [0, 0.05) is 11.4 Å². The van der Waals surface area contributed by atoms with Crippen molar-refractivity contribution in [2.75, 3.05) is 13.1 Å². The third-order valence-electron chi connectivity index (χ3n) is 5.87. The number of nitrogens with zero attached hydrogens (tertiary/aromatic N) is 2. The zero-order valence-electron chi connectivity index (χ0n) is 17.0. The van der Waals surface area contributed by atoms with Crippen molar-refractivity contribution >= 4 is 29.2 Å². The minimum Gasteiger partial charge on any atom is -0.332 e. The van der Waals surface area contributed by atoms with Crippen LogP contribution in [0.25, 0.3) is 0 Å². The second-order valence-corrected chi connectivity index (χ2v) is 8.96. The van der Waals surface area contributed by atoms with E-state index in [1.807, 2.05) is 35.7 Å². The molecule has 0 radical (unpaired) electrons. The third-order valence-corrected chi connectivity index (χ3v) is 6.73. The Bertz CT molecular complexity index is 1000. The normalized spacial score (nSPS) is 20.2. The molecule has 7 heteroatoms. The molecule has 1 aliphatic carbocycles. The number of rotatable bonds is 7. The zero-order valence-corrected chi connectivity index (χ0v) is 17.8. The number of urea groups is 1. The Hall–Kier alpha value is -2.93. The molecule has 1 N–H and O–H groups in total. The smallest absolute Gasteiger partial charge is 0.325 e. The van der Waals surface area contributed by atoms with Crippen LogP contribution in [0.3, 0.4) is 0 Å². The summed E-state index contributed by atoms with van der Waals surface area (Å²) in [5.74, 6) is -0.682. The quantitative estimate of drug-likeness (QED) is 0.549. The summed E-state index contributed by atoms with van der Waals surface area (Å²) in [5.41, 5.74) is 2.14. The highest BCUT2D eigenvalue weighted by molar-refractivity contribution is 7.09. The summed E-state index contributed by atoms with van der Waals surface area (Å²) in [5, 5.41) is 4.76. The summed E-state index contributed by atoms with van der Waals surface area (Å²) in [6, 6.07) is 9.32. The number of benzene rings is 1. The predicted octanol–water partition coefficient (Wildman–Crippen LogP) is 3.22. The first kappa shape index (κ1) is 20.3. The van der Waals surface area contributed by atoms with E-state index in [1.54, 1.807) is 29.2 Å². The number of fused-ring (bicyclic) bond motifs is 1. The van der Waals surface area contributed by atoms with Crippen molar-refractivity contribution in [2.45, 2.75) is 38.3 Å². The maximum Gasteiger partial charge on any atom is 0.325 e. The lowest BCUT2D eigenvalue weighted by Gasteiger charge is -2.25. The van der Waals surface area contributed by atoms with Gasteiger partial charge in [-0.15, -0.1) is 17.9 Å². The molecule has 1 atom stereocenters. The van der Waals surface area contributed by atoms with Gasteiger partial charge in [0.15, 0.2) is 0 Å². The Morgan fingerprint density at radius 3 is 2.83 bits per heavy atom. The molecule has 1 aromatic carbocycles. The van der Waals surface area contributed by atoms with Gasteiger partial charge in [-0.1, -0.05) is 30.3 Å². The van der Waals surface area contributed by atoms with Gasteiger partial charge in [-0.05, 0) is 54.3 Å². The minimum absolute atomic E-state index is 0.287. The number of carbonyl (C=O) groups is 3. The molecule has 1 unspecified atom stereocenters. The Labute approximate surface area is 180 Å². The van der Waals surface area contributed by atoms with Crippen LogP contribution in [0.2, 0.25) is 0 Å². The Morgan fingerprint density at radius 1 is 1.30 bits per heavy atom. The number of nitrogens with one attached hydrogen (secondary N) is 1. The van der Waals surface area contributed by atoms with Crippen LogP contribution >= 0.6 is 11.3 Å². The Kier molecular flexibility index (Phi) is 5.47. The molecule has 2 aromatic rings. The summed E-state index contributed by atoms with van der Waals surface area (Å²) in [6.07, 6.45) is 4.80. The van der Waals surface area contributed by atoms with Gasteiger partial charge >= 0.3 is 6.03 Å². The summed E-state index contributed by atoms with van der Waals surface area (Å²) in [4.78, 5) is 42.4. The van der Waals surface area contributed by atoms with E-state index in [2.05, 4.69) is 11.9 Å². The number of hydrogen-bond donors (Lipinski definition) is 1. The fourth-order valence-corrected chi connectivity index (χ4v) is 4.87. The lowest BCUT2D eigenvalue weighted by Crippen LogP contribution is -2.44. The lowest BCUT2D eigenvalue weighted by atomic mass is 9.89. The van der Waals surface area contributed by atoms with Crippen LogP contribution < -0.4 is 5.32 Å². The van der Waals surface area contributed by atoms with E-state index in [4.69, 9.17) is 0 Å². The summed E-state index contributed by atoms with van der Waals surface area (Å²) < 4.78 is 0. The molecule has 156 valence electrons. The van der Waals surface area contributed by atoms with Crippen LogP contribution in [0.15, 0.2) is 48.4 Å². The summed E-state index contributed by atoms with van der Waals surface area (Å²) in [7, 11) is 0. The van der Waals surface area contributed by atoms with Crippen LogP contribution in [-0.2, 0) is 34.5 Å². The molecule has 1 aromatic heterocycles. The Balaban J connectivity index is 1.52. The van der Waals surface area contributed by atoms with Gasteiger partial charge in [0.25, 0.3) is 5.91 Å². The topological polar surface area (TPSA) is 69.7 Å². The first-order valence-electron chi connectivity index (χ1n) is 10.1. The van der Waals surface area contributed by atoms with Crippen molar-refractivity contribution in [3.05, 3.63) is 69.9 Å². The van der Waals surface area contributed by atoms with Crippen LogP contribution in [0, 0.1) is 0 Å². The highest BCUT2D eigenvalue weighted by Crippen LogP contribution is 2.32. The molecule has 0 bridgehead atoms. The van der Waals surface area contributed by atoms with E-state index in [1.165, 1.54) is 11.1 Å². The average molecular weight is 424 g/mol.